The molecular weight excluding hydrogens is 218 g/mol. The fourth-order valence-electron chi connectivity index (χ4n) is 2.74. The molecule has 0 aromatic carbocycles. The fourth-order valence-corrected chi connectivity index (χ4v) is 2.74. The molecule has 3 atom stereocenters. The second kappa shape index (κ2) is 9.61. The summed E-state index contributed by atoms with van der Waals surface area (Å²) in [6.45, 7) is 17.8. The van der Waals surface area contributed by atoms with Gasteiger partial charge < -0.3 is 5.32 Å². The molecule has 0 spiro atoms. The van der Waals surface area contributed by atoms with Gasteiger partial charge in [-0.2, -0.15) is 0 Å². The van der Waals surface area contributed by atoms with Crippen molar-refractivity contribution in [1.82, 2.24) is 5.32 Å². The monoisotopic (exact) mass is 253 g/mol. The third-order valence-corrected chi connectivity index (χ3v) is 3.98. The van der Waals surface area contributed by atoms with Crippen molar-refractivity contribution >= 4 is 0 Å². The van der Waals surface area contributed by atoms with Crippen molar-refractivity contribution in [3.63, 3.8) is 0 Å². The summed E-state index contributed by atoms with van der Waals surface area (Å²) in [7, 11) is 0. The van der Waals surface area contributed by atoms with E-state index in [1.807, 2.05) is 0 Å². The van der Waals surface area contributed by atoms with Crippen LogP contribution in [-0.4, -0.2) is 12.1 Å². The van der Waals surface area contributed by atoms with Crippen LogP contribution in [0.15, 0.2) is 12.2 Å². The molecule has 1 heteroatoms. The predicted octanol–water partition coefficient (Wildman–Crippen LogP) is 5.17. The Bertz CT molecular complexity index is 220. The lowest BCUT2D eigenvalue weighted by atomic mass is 9.90. The molecule has 0 aromatic heterocycles. The molecule has 3 unspecified atom stereocenters. The Morgan fingerprint density at radius 1 is 1.11 bits per heavy atom. The first-order chi connectivity index (χ1) is 8.43. The van der Waals surface area contributed by atoms with E-state index in [9.17, 15) is 0 Å². The molecule has 0 radical (unpaired) electrons. The molecule has 0 aliphatic heterocycles. The van der Waals surface area contributed by atoms with Gasteiger partial charge in [0.05, 0.1) is 0 Å². The summed E-state index contributed by atoms with van der Waals surface area (Å²) < 4.78 is 0. The van der Waals surface area contributed by atoms with Crippen LogP contribution in [0, 0.1) is 11.8 Å². The standard InChI is InChI=1S/C17H35N/c1-8-10-11-12-15(7)16(9-2)18-17(13(3)4)14(5)6/h14-18H,3,8-12H2,1-2,4-7H3. The quantitative estimate of drug-likeness (QED) is 0.418. The molecule has 108 valence electrons. The van der Waals surface area contributed by atoms with Gasteiger partial charge in [0.2, 0.25) is 0 Å². The molecule has 1 N–H and O–H groups in total. The van der Waals surface area contributed by atoms with Crippen molar-refractivity contribution in [3.8, 4) is 0 Å². The maximum absolute atomic E-state index is 4.14. The highest BCUT2D eigenvalue weighted by molar-refractivity contribution is 5.04. The van der Waals surface area contributed by atoms with Crippen molar-refractivity contribution in [2.75, 3.05) is 0 Å². The first-order valence-electron chi connectivity index (χ1n) is 7.85. The van der Waals surface area contributed by atoms with Crippen molar-refractivity contribution in [2.45, 2.75) is 85.7 Å². The third kappa shape index (κ3) is 6.58. The second-order valence-corrected chi connectivity index (χ2v) is 6.22. The maximum Gasteiger partial charge on any atom is 0.0299 e. The summed E-state index contributed by atoms with van der Waals surface area (Å²) in [5, 5.41) is 3.83. The van der Waals surface area contributed by atoms with Crippen LogP contribution in [0.2, 0.25) is 0 Å². The van der Waals surface area contributed by atoms with E-state index in [1.165, 1.54) is 37.7 Å². The van der Waals surface area contributed by atoms with Crippen LogP contribution in [0.1, 0.15) is 73.6 Å². The van der Waals surface area contributed by atoms with E-state index in [0.717, 1.165) is 5.92 Å². The van der Waals surface area contributed by atoms with E-state index in [2.05, 4.69) is 53.4 Å². The van der Waals surface area contributed by atoms with Crippen LogP contribution < -0.4 is 5.32 Å². The Hall–Kier alpha value is -0.300. The molecule has 0 aromatic rings. The highest BCUT2D eigenvalue weighted by Gasteiger charge is 2.21. The molecule has 0 aliphatic carbocycles. The van der Waals surface area contributed by atoms with E-state index in [4.69, 9.17) is 0 Å². The first-order valence-corrected chi connectivity index (χ1v) is 7.85. The van der Waals surface area contributed by atoms with Crippen LogP contribution in [0.5, 0.6) is 0 Å². The third-order valence-electron chi connectivity index (χ3n) is 3.98. The van der Waals surface area contributed by atoms with Gasteiger partial charge in [0, 0.05) is 12.1 Å². The van der Waals surface area contributed by atoms with Crippen molar-refractivity contribution in [1.29, 1.82) is 0 Å². The SMILES string of the molecule is C=C(C)C(NC(CC)C(C)CCCCC)C(C)C. The zero-order chi connectivity index (χ0) is 14.1. The van der Waals surface area contributed by atoms with Gasteiger partial charge >= 0.3 is 0 Å². The van der Waals surface area contributed by atoms with Gasteiger partial charge in [0.25, 0.3) is 0 Å². The minimum Gasteiger partial charge on any atom is -0.307 e. The Labute approximate surface area is 115 Å². The molecule has 0 saturated heterocycles. The van der Waals surface area contributed by atoms with Crippen molar-refractivity contribution in [3.05, 3.63) is 12.2 Å². The molecule has 0 heterocycles. The lowest BCUT2D eigenvalue weighted by Crippen LogP contribution is -2.44. The minimum atomic E-state index is 0.462. The zero-order valence-electron chi connectivity index (χ0n) is 13.6. The van der Waals surface area contributed by atoms with Gasteiger partial charge in [-0.3, -0.25) is 0 Å². The van der Waals surface area contributed by atoms with Crippen LogP contribution in [0.3, 0.4) is 0 Å². The lowest BCUT2D eigenvalue weighted by Gasteiger charge is -2.32. The Balaban J connectivity index is 4.33. The largest absolute Gasteiger partial charge is 0.307 e. The van der Waals surface area contributed by atoms with E-state index in [1.54, 1.807) is 0 Å². The molecule has 0 amide bonds. The van der Waals surface area contributed by atoms with E-state index < -0.39 is 0 Å². The predicted molar refractivity (Wildman–Crippen MR) is 84.0 cm³/mol. The smallest absolute Gasteiger partial charge is 0.0299 e. The lowest BCUT2D eigenvalue weighted by molar-refractivity contribution is 0.293. The molecule has 0 aliphatic rings. The molecule has 0 saturated carbocycles. The molecular formula is C17H35N. The summed E-state index contributed by atoms with van der Waals surface area (Å²) in [6.07, 6.45) is 6.62. The highest BCUT2D eigenvalue weighted by Crippen LogP contribution is 2.19. The van der Waals surface area contributed by atoms with Crippen LogP contribution in [-0.2, 0) is 0 Å². The highest BCUT2D eigenvalue weighted by atomic mass is 15.0. The summed E-state index contributed by atoms with van der Waals surface area (Å²) in [6, 6.07) is 1.09. The topological polar surface area (TPSA) is 12.0 Å². The number of hydrogen-bond donors (Lipinski definition) is 1. The summed E-state index contributed by atoms with van der Waals surface area (Å²) in [4.78, 5) is 0. The molecule has 1 nitrogen and oxygen atoms in total. The van der Waals surface area contributed by atoms with E-state index in [-0.39, 0.29) is 0 Å². The summed E-state index contributed by atoms with van der Waals surface area (Å²) in [5.41, 5.74) is 1.27. The Morgan fingerprint density at radius 3 is 2.11 bits per heavy atom. The van der Waals surface area contributed by atoms with Gasteiger partial charge in [-0.15, -0.1) is 0 Å². The maximum atomic E-state index is 4.14. The van der Waals surface area contributed by atoms with Gasteiger partial charge in [-0.05, 0) is 31.6 Å². The second-order valence-electron chi connectivity index (χ2n) is 6.22. The van der Waals surface area contributed by atoms with E-state index in [0.29, 0.717) is 18.0 Å². The molecule has 18 heavy (non-hydrogen) atoms. The normalized spacial score (nSPS) is 16.6. The number of hydrogen-bond acceptors (Lipinski definition) is 1. The number of rotatable bonds is 10. The van der Waals surface area contributed by atoms with Crippen molar-refractivity contribution < 1.29 is 0 Å². The number of nitrogens with one attached hydrogen (secondary N) is 1. The summed E-state index contributed by atoms with van der Waals surface area (Å²) >= 11 is 0. The van der Waals surface area contributed by atoms with Gasteiger partial charge in [-0.1, -0.05) is 66.0 Å². The van der Waals surface area contributed by atoms with Gasteiger partial charge in [-0.25, -0.2) is 0 Å². The van der Waals surface area contributed by atoms with Gasteiger partial charge in [0.15, 0.2) is 0 Å². The van der Waals surface area contributed by atoms with E-state index >= 15 is 0 Å². The van der Waals surface area contributed by atoms with Gasteiger partial charge in [0.1, 0.15) is 0 Å². The average molecular weight is 253 g/mol. The average Bonchev–Trinajstić information content (AvgIpc) is 2.29. The van der Waals surface area contributed by atoms with Crippen LogP contribution >= 0.6 is 0 Å². The first kappa shape index (κ1) is 17.7. The van der Waals surface area contributed by atoms with Crippen LogP contribution in [0.4, 0.5) is 0 Å². The minimum absolute atomic E-state index is 0.462. The molecule has 0 fully saturated rings. The molecule has 0 bridgehead atoms. The Kier molecular flexibility index (Phi) is 9.45. The Morgan fingerprint density at radius 2 is 1.72 bits per heavy atom. The fraction of sp³-hybridized carbons (Fsp3) is 0.882. The summed E-state index contributed by atoms with van der Waals surface area (Å²) in [5.74, 6) is 1.39. The van der Waals surface area contributed by atoms with Crippen LogP contribution in [0.25, 0.3) is 0 Å². The zero-order valence-corrected chi connectivity index (χ0v) is 13.6. The molecule has 0 rings (SSSR count). The van der Waals surface area contributed by atoms with Crippen molar-refractivity contribution in [2.24, 2.45) is 11.8 Å². The number of unbranched alkanes of at least 4 members (excludes halogenated alkanes) is 2.